The summed E-state index contributed by atoms with van der Waals surface area (Å²) in [5, 5.41) is 18.1. The summed E-state index contributed by atoms with van der Waals surface area (Å²) in [6.45, 7) is 1.21. The minimum atomic E-state index is -1.31. The molecule has 2 aromatic rings. The van der Waals surface area contributed by atoms with Gasteiger partial charge in [0.2, 0.25) is 5.91 Å². The molecular formula is C12H11N3O4. The number of aromatic amines is 1. The minimum absolute atomic E-state index is 0.0953. The molecule has 0 saturated carbocycles. The number of amides is 1. The molecule has 0 saturated heterocycles. The fraction of sp³-hybridized carbons (Fsp3) is 0.167. The molecule has 1 atom stereocenters. The van der Waals surface area contributed by atoms with Gasteiger partial charge in [-0.25, -0.2) is 9.89 Å². The number of carbonyl (C=O) groups is 2. The summed E-state index contributed by atoms with van der Waals surface area (Å²) in [6, 6.07) is 5.17. The Bertz CT molecular complexity index is 707. The van der Waals surface area contributed by atoms with Crippen LogP contribution in [0.1, 0.15) is 18.7 Å². The molecule has 19 heavy (non-hydrogen) atoms. The van der Waals surface area contributed by atoms with Crippen molar-refractivity contribution in [3.63, 3.8) is 0 Å². The Kier molecular flexibility index (Phi) is 3.28. The number of benzene rings is 1. The second-order valence-electron chi connectivity index (χ2n) is 3.96. The van der Waals surface area contributed by atoms with E-state index < -0.39 is 23.5 Å². The smallest absolute Gasteiger partial charge is 0.332 e. The van der Waals surface area contributed by atoms with Crippen LogP contribution in [0.4, 0.5) is 0 Å². The molecular weight excluding hydrogens is 250 g/mol. The molecule has 98 valence electrons. The highest BCUT2D eigenvalue weighted by Gasteiger charge is 2.25. The van der Waals surface area contributed by atoms with Crippen molar-refractivity contribution in [3.05, 3.63) is 40.3 Å². The number of fused-ring (bicyclic) bond motifs is 1. The lowest BCUT2D eigenvalue weighted by molar-refractivity contribution is -0.141. The Hall–Kier alpha value is -2.70. The van der Waals surface area contributed by atoms with Crippen LogP contribution in [0.15, 0.2) is 29.1 Å². The molecule has 0 bridgehead atoms. The van der Waals surface area contributed by atoms with Gasteiger partial charge in [-0.3, -0.25) is 9.59 Å². The zero-order valence-electron chi connectivity index (χ0n) is 10.0. The van der Waals surface area contributed by atoms with Gasteiger partial charge in [-0.2, -0.15) is 5.10 Å². The first-order chi connectivity index (χ1) is 9.00. The van der Waals surface area contributed by atoms with Crippen molar-refractivity contribution >= 4 is 22.6 Å². The number of carboxylic acid groups (broad SMARTS) is 1. The third-order valence-electron chi connectivity index (χ3n) is 2.59. The van der Waals surface area contributed by atoms with Gasteiger partial charge < -0.3 is 10.4 Å². The summed E-state index contributed by atoms with van der Waals surface area (Å²) >= 11 is 0. The van der Waals surface area contributed by atoms with E-state index in [1.165, 1.54) is 6.92 Å². The lowest BCUT2D eigenvalue weighted by Crippen LogP contribution is -2.33. The molecule has 0 fully saturated rings. The lowest BCUT2D eigenvalue weighted by Gasteiger charge is -2.14. The largest absolute Gasteiger partial charge is 0.479 e. The first-order valence-corrected chi connectivity index (χ1v) is 5.48. The quantitative estimate of drug-likeness (QED) is 0.729. The van der Waals surface area contributed by atoms with Crippen LogP contribution in [0, 0.1) is 0 Å². The van der Waals surface area contributed by atoms with Gasteiger partial charge in [0.25, 0.3) is 5.56 Å². The molecule has 7 nitrogen and oxygen atoms in total. The molecule has 1 aromatic heterocycles. The molecule has 1 aromatic carbocycles. The molecule has 7 heteroatoms. The van der Waals surface area contributed by atoms with E-state index in [0.29, 0.717) is 10.8 Å². The topological polar surface area (TPSA) is 112 Å². The molecule has 3 N–H and O–H groups in total. The summed E-state index contributed by atoms with van der Waals surface area (Å²) < 4.78 is 0. The van der Waals surface area contributed by atoms with Gasteiger partial charge in [-0.1, -0.05) is 18.2 Å². The average Bonchev–Trinajstić information content (AvgIpc) is 2.37. The van der Waals surface area contributed by atoms with Gasteiger partial charge in [0.05, 0.1) is 5.39 Å². The van der Waals surface area contributed by atoms with Crippen molar-refractivity contribution in [2.75, 3.05) is 0 Å². The van der Waals surface area contributed by atoms with Crippen molar-refractivity contribution < 1.29 is 14.7 Å². The Morgan fingerprint density at radius 2 is 1.95 bits per heavy atom. The van der Waals surface area contributed by atoms with Gasteiger partial charge >= 0.3 is 5.97 Å². The van der Waals surface area contributed by atoms with E-state index in [1.54, 1.807) is 24.3 Å². The summed E-state index contributed by atoms with van der Waals surface area (Å²) in [5.74, 6) is -1.75. The normalized spacial score (nSPS) is 12.1. The summed E-state index contributed by atoms with van der Waals surface area (Å²) in [5.41, 5.74) is -0.316. The van der Waals surface area contributed by atoms with Crippen LogP contribution >= 0.6 is 0 Å². The zero-order valence-corrected chi connectivity index (χ0v) is 10.0. The molecule has 0 aliphatic heterocycles. The second-order valence-corrected chi connectivity index (χ2v) is 3.96. The van der Waals surface area contributed by atoms with Crippen LogP contribution in [0.3, 0.4) is 0 Å². The number of aliphatic carboxylic acids is 1. The van der Waals surface area contributed by atoms with Crippen LogP contribution in [0.2, 0.25) is 0 Å². The lowest BCUT2D eigenvalue weighted by atomic mass is 10.1. The number of nitrogens with zero attached hydrogens (tertiary/aromatic N) is 1. The van der Waals surface area contributed by atoms with E-state index in [-0.39, 0.29) is 5.69 Å². The van der Waals surface area contributed by atoms with Gasteiger partial charge in [-0.05, 0) is 6.07 Å². The molecule has 1 amide bonds. The summed E-state index contributed by atoms with van der Waals surface area (Å²) in [6.07, 6.45) is 0. The summed E-state index contributed by atoms with van der Waals surface area (Å²) in [4.78, 5) is 33.9. The Morgan fingerprint density at radius 3 is 2.53 bits per heavy atom. The highest BCUT2D eigenvalue weighted by atomic mass is 16.4. The maximum atomic E-state index is 11.6. The van der Waals surface area contributed by atoms with E-state index in [0.717, 1.165) is 0 Å². The minimum Gasteiger partial charge on any atom is -0.479 e. The van der Waals surface area contributed by atoms with Gasteiger partial charge in [0, 0.05) is 12.3 Å². The predicted octanol–water partition coefficient (Wildman–Crippen LogP) is 0.185. The number of H-pyrrole nitrogens is 1. The number of nitrogens with one attached hydrogen (secondary N) is 2. The van der Waals surface area contributed by atoms with Crippen molar-refractivity contribution in [2.45, 2.75) is 13.0 Å². The summed E-state index contributed by atoms with van der Waals surface area (Å²) in [7, 11) is 0. The molecule has 2 rings (SSSR count). The maximum Gasteiger partial charge on any atom is 0.332 e. The molecule has 1 unspecified atom stereocenters. The fourth-order valence-electron chi connectivity index (χ4n) is 1.81. The number of hydrogen-bond acceptors (Lipinski definition) is 4. The van der Waals surface area contributed by atoms with Crippen LogP contribution in [0.25, 0.3) is 10.8 Å². The van der Waals surface area contributed by atoms with Crippen LogP contribution in [-0.4, -0.2) is 27.2 Å². The zero-order chi connectivity index (χ0) is 14.0. The standard InChI is InChI=1S/C12H11N3O4/c1-6(16)13-10(12(18)19)9-7-4-2-3-5-8(7)11(17)15-14-9/h2-5,10H,1H3,(H,13,16)(H,15,17)(H,18,19). The number of hydrogen-bond donors (Lipinski definition) is 3. The first kappa shape index (κ1) is 12.7. The Morgan fingerprint density at radius 1 is 1.32 bits per heavy atom. The van der Waals surface area contributed by atoms with E-state index >= 15 is 0 Å². The third kappa shape index (κ3) is 2.44. The van der Waals surface area contributed by atoms with Crippen LogP contribution < -0.4 is 10.9 Å². The van der Waals surface area contributed by atoms with Crippen LogP contribution in [-0.2, 0) is 9.59 Å². The first-order valence-electron chi connectivity index (χ1n) is 5.48. The van der Waals surface area contributed by atoms with E-state index in [4.69, 9.17) is 5.11 Å². The van der Waals surface area contributed by atoms with E-state index in [2.05, 4.69) is 15.5 Å². The molecule has 0 spiro atoms. The van der Waals surface area contributed by atoms with Crippen molar-refractivity contribution in [2.24, 2.45) is 0 Å². The predicted molar refractivity (Wildman–Crippen MR) is 66.6 cm³/mol. The van der Waals surface area contributed by atoms with Crippen LogP contribution in [0.5, 0.6) is 0 Å². The van der Waals surface area contributed by atoms with Crippen molar-refractivity contribution in [1.29, 1.82) is 0 Å². The number of carboxylic acids is 1. The number of aromatic nitrogens is 2. The van der Waals surface area contributed by atoms with Gasteiger partial charge in [-0.15, -0.1) is 0 Å². The highest BCUT2D eigenvalue weighted by molar-refractivity contribution is 5.90. The average molecular weight is 261 g/mol. The maximum absolute atomic E-state index is 11.6. The van der Waals surface area contributed by atoms with Crippen molar-refractivity contribution in [1.82, 2.24) is 15.5 Å². The highest BCUT2D eigenvalue weighted by Crippen LogP contribution is 2.19. The van der Waals surface area contributed by atoms with E-state index in [9.17, 15) is 14.4 Å². The molecule has 0 aliphatic rings. The molecule has 0 aliphatic carbocycles. The SMILES string of the molecule is CC(=O)NC(C(=O)O)c1n[nH]c(=O)c2ccccc12. The number of carbonyl (C=O) groups excluding carboxylic acids is 1. The monoisotopic (exact) mass is 261 g/mol. The molecule has 1 heterocycles. The second kappa shape index (κ2) is 4.89. The Labute approximate surface area is 107 Å². The third-order valence-corrected chi connectivity index (χ3v) is 2.59. The van der Waals surface area contributed by atoms with Gasteiger partial charge in [0.15, 0.2) is 6.04 Å². The van der Waals surface area contributed by atoms with E-state index in [1.807, 2.05) is 0 Å². The van der Waals surface area contributed by atoms with Gasteiger partial charge in [0.1, 0.15) is 5.69 Å². The Balaban J connectivity index is 2.67. The number of rotatable bonds is 3. The molecule has 0 radical (unpaired) electrons. The fourth-order valence-corrected chi connectivity index (χ4v) is 1.81. The van der Waals surface area contributed by atoms with Crippen molar-refractivity contribution in [3.8, 4) is 0 Å².